The summed E-state index contributed by atoms with van der Waals surface area (Å²) in [4.78, 5) is 25.2. The van der Waals surface area contributed by atoms with Crippen LogP contribution in [0.2, 0.25) is 0 Å². The van der Waals surface area contributed by atoms with E-state index in [-0.39, 0.29) is 24.9 Å². The number of carboxylic acids is 1. The number of ether oxygens (including phenoxy) is 1. The summed E-state index contributed by atoms with van der Waals surface area (Å²) in [5, 5.41) is 13.5. The van der Waals surface area contributed by atoms with Crippen LogP contribution in [0.25, 0.3) is 10.8 Å². The summed E-state index contributed by atoms with van der Waals surface area (Å²) in [6.07, 6.45) is -0.130. The van der Waals surface area contributed by atoms with Gasteiger partial charge in [-0.25, -0.2) is 4.79 Å². The zero-order valence-corrected chi connectivity index (χ0v) is 17.6. The summed E-state index contributed by atoms with van der Waals surface area (Å²) >= 11 is 6.27. The Bertz CT molecular complexity index is 1100. The van der Waals surface area contributed by atoms with E-state index in [2.05, 4.69) is 5.32 Å². The van der Waals surface area contributed by atoms with Gasteiger partial charge >= 0.3 is 12.0 Å². The lowest BCUT2D eigenvalue weighted by molar-refractivity contribution is -0.136. The molecule has 6 nitrogen and oxygen atoms in total. The van der Waals surface area contributed by atoms with Gasteiger partial charge in [0.05, 0.1) is 12.1 Å². The Morgan fingerprint density at radius 3 is 2.52 bits per heavy atom. The van der Waals surface area contributed by atoms with Crippen LogP contribution in [0.5, 0.6) is 5.75 Å². The first-order valence-electron chi connectivity index (χ1n) is 10.1. The van der Waals surface area contributed by atoms with Gasteiger partial charge in [0.15, 0.2) is 0 Å². The van der Waals surface area contributed by atoms with Crippen molar-refractivity contribution in [2.24, 2.45) is 0 Å². The molecule has 31 heavy (non-hydrogen) atoms. The lowest BCUT2D eigenvalue weighted by Gasteiger charge is -2.20. The number of alkyl halides is 1. The molecular weight excluding hydrogens is 416 g/mol. The smallest absolute Gasteiger partial charge is 0.321 e. The number of nitrogens with one attached hydrogen (secondary N) is 1. The predicted molar refractivity (Wildman–Crippen MR) is 121 cm³/mol. The molecule has 1 aliphatic heterocycles. The summed E-state index contributed by atoms with van der Waals surface area (Å²) in [5.41, 5.74) is 2.82. The topological polar surface area (TPSA) is 78.9 Å². The van der Waals surface area contributed by atoms with Crippen molar-refractivity contribution < 1.29 is 19.4 Å². The minimum Gasteiger partial charge on any atom is -0.488 e. The van der Waals surface area contributed by atoms with E-state index in [1.807, 2.05) is 60.7 Å². The number of nitrogens with zero attached hydrogens (tertiary/aromatic N) is 1. The minimum atomic E-state index is -0.955. The van der Waals surface area contributed by atoms with Gasteiger partial charge in [-0.1, -0.05) is 54.6 Å². The molecule has 4 rings (SSSR count). The highest BCUT2D eigenvalue weighted by Crippen LogP contribution is 2.45. The van der Waals surface area contributed by atoms with Crippen LogP contribution in [0.3, 0.4) is 0 Å². The second-order valence-corrected chi connectivity index (χ2v) is 7.77. The monoisotopic (exact) mass is 438 g/mol. The third-order valence-electron chi connectivity index (χ3n) is 5.41. The van der Waals surface area contributed by atoms with E-state index in [9.17, 15) is 9.59 Å². The Balaban J connectivity index is 1.69. The molecule has 0 fully saturated rings. The molecule has 0 aliphatic carbocycles. The van der Waals surface area contributed by atoms with Crippen molar-refractivity contribution in [2.45, 2.75) is 18.9 Å². The number of rotatable bonds is 7. The molecule has 1 heterocycles. The number of carbonyl (C=O) groups excluding carboxylic acids is 1. The maximum Gasteiger partial charge on any atom is 0.321 e. The Hall–Kier alpha value is -3.25. The molecule has 1 aliphatic rings. The van der Waals surface area contributed by atoms with Gasteiger partial charge < -0.3 is 15.2 Å². The molecule has 160 valence electrons. The van der Waals surface area contributed by atoms with E-state index >= 15 is 0 Å². The molecule has 0 unspecified atom stereocenters. The molecule has 1 atom stereocenters. The number of aliphatic carboxylic acids is 1. The zero-order chi connectivity index (χ0) is 21.8. The van der Waals surface area contributed by atoms with Crippen LogP contribution in [0.15, 0.2) is 60.7 Å². The number of fused-ring (bicyclic) bond motifs is 3. The highest BCUT2D eigenvalue weighted by Gasteiger charge is 2.34. The van der Waals surface area contributed by atoms with Crippen molar-refractivity contribution in [2.75, 3.05) is 23.9 Å². The third-order valence-corrected chi connectivity index (χ3v) is 5.78. The number of carbonyl (C=O) groups is 2. The van der Waals surface area contributed by atoms with Gasteiger partial charge in [0, 0.05) is 36.3 Å². The number of anilines is 1. The average molecular weight is 439 g/mol. The second kappa shape index (κ2) is 9.27. The molecule has 7 heteroatoms. The number of carboxylic acid groups (broad SMARTS) is 1. The standard InChI is InChI=1S/C24H23ClN2O4/c25-13-17-14-27(24(30)26-11-10-22(28)29)20-12-21(31-15-16-6-2-1-3-7-16)18-8-4-5-9-19(18)23(17)20/h1-9,12,17H,10-11,13-15H2,(H,26,30)(H,28,29)/t17-/m1/s1. The number of urea groups is 1. The van der Waals surface area contributed by atoms with Crippen molar-refractivity contribution >= 4 is 40.1 Å². The fourth-order valence-electron chi connectivity index (χ4n) is 3.96. The number of amides is 2. The van der Waals surface area contributed by atoms with Crippen molar-refractivity contribution in [3.63, 3.8) is 0 Å². The normalized spacial score (nSPS) is 15.0. The van der Waals surface area contributed by atoms with Crippen molar-refractivity contribution in [3.8, 4) is 5.75 Å². The maximum absolute atomic E-state index is 12.8. The lowest BCUT2D eigenvalue weighted by atomic mass is 9.95. The Morgan fingerprint density at radius 1 is 1.10 bits per heavy atom. The molecule has 3 aromatic carbocycles. The molecule has 0 saturated carbocycles. The van der Waals surface area contributed by atoms with Crippen LogP contribution in [-0.2, 0) is 11.4 Å². The van der Waals surface area contributed by atoms with Crippen LogP contribution in [-0.4, -0.2) is 36.1 Å². The summed E-state index contributed by atoms with van der Waals surface area (Å²) in [6, 6.07) is 19.4. The van der Waals surface area contributed by atoms with Gasteiger partial charge in [-0.05, 0) is 16.5 Å². The molecule has 3 aromatic rings. The van der Waals surface area contributed by atoms with E-state index in [0.29, 0.717) is 24.8 Å². The fourth-order valence-corrected chi connectivity index (χ4v) is 4.21. The van der Waals surface area contributed by atoms with E-state index in [4.69, 9.17) is 21.4 Å². The molecule has 2 amide bonds. The van der Waals surface area contributed by atoms with E-state index in [1.165, 1.54) is 0 Å². The van der Waals surface area contributed by atoms with E-state index in [0.717, 1.165) is 27.6 Å². The Morgan fingerprint density at radius 2 is 1.81 bits per heavy atom. The minimum absolute atomic E-state index is 0.0186. The van der Waals surface area contributed by atoms with E-state index < -0.39 is 5.97 Å². The van der Waals surface area contributed by atoms with Crippen LogP contribution in [0.4, 0.5) is 10.5 Å². The van der Waals surface area contributed by atoms with E-state index in [1.54, 1.807) is 4.90 Å². The molecule has 0 radical (unpaired) electrons. The van der Waals surface area contributed by atoms with Gasteiger partial charge in [-0.2, -0.15) is 0 Å². The highest BCUT2D eigenvalue weighted by atomic mass is 35.5. The first-order chi connectivity index (χ1) is 15.1. The van der Waals surface area contributed by atoms with Gasteiger partial charge in [0.1, 0.15) is 12.4 Å². The molecule has 0 spiro atoms. The molecule has 0 bridgehead atoms. The summed E-state index contributed by atoms with van der Waals surface area (Å²) in [6.45, 7) is 0.910. The summed E-state index contributed by atoms with van der Waals surface area (Å²) in [7, 11) is 0. The highest BCUT2D eigenvalue weighted by molar-refractivity contribution is 6.19. The summed E-state index contributed by atoms with van der Waals surface area (Å²) in [5.74, 6) is 0.0928. The van der Waals surface area contributed by atoms with Crippen LogP contribution >= 0.6 is 11.6 Å². The van der Waals surface area contributed by atoms with Crippen LogP contribution in [0.1, 0.15) is 23.5 Å². The SMILES string of the molecule is O=C(O)CCNC(=O)N1C[C@@H](CCl)c2c1cc(OCc1ccccc1)c1ccccc21. The molecule has 0 aromatic heterocycles. The predicted octanol–water partition coefficient (Wildman–Crippen LogP) is 4.75. The largest absolute Gasteiger partial charge is 0.488 e. The molecule has 0 saturated heterocycles. The van der Waals surface area contributed by atoms with Gasteiger partial charge in [-0.3, -0.25) is 9.69 Å². The van der Waals surface area contributed by atoms with Gasteiger partial charge in [-0.15, -0.1) is 11.6 Å². The van der Waals surface area contributed by atoms with Gasteiger partial charge in [0.25, 0.3) is 0 Å². The van der Waals surface area contributed by atoms with Gasteiger partial charge in [0.2, 0.25) is 0 Å². The molecular formula is C24H23ClN2O4. The first-order valence-corrected chi connectivity index (χ1v) is 10.7. The van der Waals surface area contributed by atoms with Crippen molar-refractivity contribution in [1.29, 1.82) is 0 Å². The van der Waals surface area contributed by atoms with Crippen LogP contribution in [0, 0.1) is 0 Å². The molecule has 2 N–H and O–H groups in total. The number of halogens is 1. The average Bonchev–Trinajstić information content (AvgIpc) is 3.17. The summed E-state index contributed by atoms with van der Waals surface area (Å²) < 4.78 is 6.17. The zero-order valence-electron chi connectivity index (χ0n) is 16.9. The quantitative estimate of drug-likeness (QED) is 0.522. The second-order valence-electron chi connectivity index (χ2n) is 7.46. The number of hydrogen-bond donors (Lipinski definition) is 2. The Labute approximate surface area is 185 Å². The maximum atomic E-state index is 12.8. The van der Waals surface area contributed by atoms with Crippen molar-refractivity contribution in [3.05, 3.63) is 71.8 Å². The fraction of sp³-hybridized carbons (Fsp3) is 0.250. The van der Waals surface area contributed by atoms with Crippen molar-refractivity contribution in [1.82, 2.24) is 5.32 Å². The number of hydrogen-bond acceptors (Lipinski definition) is 3. The number of benzene rings is 3. The first kappa shape index (κ1) is 21.0. The van der Waals surface area contributed by atoms with Crippen LogP contribution < -0.4 is 15.0 Å². The lowest BCUT2D eigenvalue weighted by Crippen LogP contribution is -2.40. The Kier molecular flexibility index (Phi) is 6.28. The third kappa shape index (κ3) is 4.44.